The molecule has 0 fully saturated rings. The predicted octanol–water partition coefficient (Wildman–Crippen LogP) is 1.83. The number of hydrogen-bond acceptors (Lipinski definition) is 3. The minimum Gasteiger partial charge on any atom is -0.372 e. The van der Waals surface area contributed by atoms with Crippen LogP contribution in [0.25, 0.3) is 0 Å². The van der Waals surface area contributed by atoms with Crippen molar-refractivity contribution in [2.45, 2.75) is 33.7 Å². The van der Waals surface area contributed by atoms with Crippen LogP contribution in [0.1, 0.15) is 27.7 Å². The molecule has 0 aromatic heterocycles. The van der Waals surface area contributed by atoms with E-state index < -0.39 is 0 Å². The average molecular weight is 225 g/mol. The fourth-order valence-corrected chi connectivity index (χ4v) is 2.48. The van der Waals surface area contributed by atoms with E-state index in [2.05, 4.69) is 56.5 Å². The molecule has 0 bridgehead atoms. The number of hydrogen-bond donors (Lipinski definition) is 0. The molecule has 3 nitrogen and oxygen atoms in total. The van der Waals surface area contributed by atoms with Crippen LogP contribution in [0.4, 0.5) is 0 Å². The van der Waals surface area contributed by atoms with Gasteiger partial charge in [0.2, 0.25) is 0 Å². The van der Waals surface area contributed by atoms with Gasteiger partial charge in [-0.05, 0) is 41.8 Å². The molecule has 0 aliphatic heterocycles. The van der Waals surface area contributed by atoms with Crippen molar-refractivity contribution in [1.82, 2.24) is 14.7 Å². The van der Waals surface area contributed by atoms with Crippen molar-refractivity contribution >= 4 is 0 Å². The van der Waals surface area contributed by atoms with E-state index in [1.54, 1.807) is 11.4 Å². The Balaban J connectivity index is 2.83. The number of nitrogens with zero attached hydrogens (tertiary/aromatic N) is 3. The Hall–Kier alpha value is -0.700. The van der Waals surface area contributed by atoms with Crippen LogP contribution in [-0.4, -0.2) is 61.0 Å². The van der Waals surface area contributed by atoms with Gasteiger partial charge in [-0.1, -0.05) is 0 Å². The Bertz CT molecular complexity index is 228. The first kappa shape index (κ1) is 13.4. The van der Waals surface area contributed by atoms with Gasteiger partial charge < -0.3 is 9.80 Å². The highest BCUT2D eigenvalue weighted by molar-refractivity contribution is 5.44. The molecule has 0 saturated heterocycles. The van der Waals surface area contributed by atoms with Crippen molar-refractivity contribution in [3.05, 3.63) is 11.4 Å². The standard InChI is InChI=1S/C13H27N3/c1-7-15(8-2)12-11(14(5)6)13(12)16(9-3)10-4/h11H,7-10H2,1-6H3. The highest BCUT2D eigenvalue weighted by Crippen LogP contribution is 2.39. The second-order valence-electron chi connectivity index (χ2n) is 4.48. The summed E-state index contributed by atoms with van der Waals surface area (Å²) < 4.78 is 0. The van der Waals surface area contributed by atoms with E-state index in [1.165, 1.54) is 0 Å². The van der Waals surface area contributed by atoms with E-state index in [1.807, 2.05) is 0 Å². The minimum absolute atomic E-state index is 0.555. The van der Waals surface area contributed by atoms with E-state index in [0.717, 1.165) is 26.2 Å². The summed E-state index contributed by atoms with van der Waals surface area (Å²) >= 11 is 0. The van der Waals surface area contributed by atoms with Crippen LogP contribution in [0.3, 0.4) is 0 Å². The van der Waals surface area contributed by atoms with E-state index in [9.17, 15) is 0 Å². The third-order valence-electron chi connectivity index (χ3n) is 3.42. The van der Waals surface area contributed by atoms with Gasteiger partial charge in [-0.15, -0.1) is 0 Å². The minimum atomic E-state index is 0.555. The van der Waals surface area contributed by atoms with E-state index >= 15 is 0 Å². The summed E-state index contributed by atoms with van der Waals surface area (Å²) in [5.41, 5.74) is 3.08. The van der Waals surface area contributed by atoms with Crippen molar-refractivity contribution in [2.75, 3.05) is 40.3 Å². The zero-order valence-electron chi connectivity index (χ0n) is 11.7. The third kappa shape index (κ3) is 2.34. The molecule has 16 heavy (non-hydrogen) atoms. The van der Waals surface area contributed by atoms with E-state index in [0.29, 0.717) is 6.04 Å². The second kappa shape index (κ2) is 5.58. The Kier molecular flexibility index (Phi) is 4.66. The van der Waals surface area contributed by atoms with Crippen molar-refractivity contribution in [3.8, 4) is 0 Å². The molecule has 0 heterocycles. The fraction of sp³-hybridized carbons (Fsp3) is 0.846. The maximum Gasteiger partial charge on any atom is 0.0934 e. The maximum atomic E-state index is 2.48. The van der Waals surface area contributed by atoms with Crippen LogP contribution < -0.4 is 0 Å². The summed E-state index contributed by atoms with van der Waals surface area (Å²) in [6.07, 6.45) is 0. The lowest BCUT2D eigenvalue weighted by atomic mass is 10.4. The molecule has 0 amide bonds. The first-order valence-electron chi connectivity index (χ1n) is 6.52. The monoisotopic (exact) mass is 225 g/mol. The Morgan fingerprint density at radius 2 is 1.06 bits per heavy atom. The number of rotatable bonds is 7. The van der Waals surface area contributed by atoms with Gasteiger partial charge in [0.25, 0.3) is 0 Å². The van der Waals surface area contributed by atoms with Crippen LogP contribution >= 0.6 is 0 Å². The molecule has 0 radical (unpaired) electrons. The van der Waals surface area contributed by atoms with Crippen molar-refractivity contribution in [2.24, 2.45) is 0 Å². The molecule has 1 aliphatic rings. The lowest BCUT2D eigenvalue weighted by Crippen LogP contribution is -2.28. The van der Waals surface area contributed by atoms with Gasteiger partial charge in [0, 0.05) is 26.2 Å². The molecule has 0 saturated carbocycles. The Labute approximate surface area is 101 Å². The van der Waals surface area contributed by atoms with Crippen LogP contribution in [0, 0.1) is 0 Å². The summed E-state index contributed by atoms with van der Waals surface area (Å²) in [6.45, 7) is 13.4. The zero-order valence-corrected chi connectivity index (χ0v) is 11.7. The van der Waals surface area contributed by atoms with Crippen LogP contribution in [0.2, 0.25) is 0 Å². The summed E-state index contributed by atoms with van der Waals surface area (Å²) in [5.74, 6) is 0. The van der Waals surface area contributed by atoms with Gasteiger partial charge >= 0.3 is 0 Å². The third-order valence-corrected chi connectivity index (χ3v) is 3.42. The molecular weight excluding hydrogens is 198 g/mol. The zero-order chi connectivity index (χ0) is 12.3. The van der Waals surface area contributed by atoms with Crippen molar-refractivity contribution in [1.29, 1.82) is 0 Å². The molecule has 0 unspecified atom stereocenters. The predicted molar refractivity (Wildman–Crippen MR) is 70.3 cm³/mol. The van der Waals surface area contributed by atoms with Gasteiger partial charge in [-0.25, -0.2) is 0 Å². The lowest BCUT2D eigenvalue weighted by Gasteiger charge is -2.21. The molecular formula is C13H27N3. The fourth-order valence-electron chi connectivity index (χ4n) is 2.48. The summed E-state index contributed by atoms with van der Waals surface area (Å²) in [4.78, 5) is 7.29. The molecule has 0 aromatic rings. The molecule has 0 aromatic carbocycles. The Morgan fingerprint density at radius 1 is 0.750 bits per heavy atom. The maximum absolute atomic E-state index is 2.48. The van der Waals surface area contributed by atoms with Gasteiger partial charge in [0.05, 0.1) is 17.4 Å². The van der Waals surface area contributed by atoms with Crippen LogP contribution in [0.5, 0.6) is 0 Å². The van der Waals surface area contributed by atoms with Gasteiger partial charge in [0.1, 0.15) is 0 Å². The lowest BCUT2D eigenvalue weighted by molar-refractivity contribution is 0.313. The normalized spacial score (nSPS) is 15.9. The summed E-state index contributed by atoms with van der Waals surface area (Å²) in [7, 11) is 4.34. The highest BCUT2D eigenvalue weighted by Gasteiger charge is 2.43. The summed E-state index contributed by atoms with van der Waals surface area (Å²) in [6, 6.07) is 0.555. The topological polar surface area (TPSA) is 9.72 Å². The first-order valence-corrected chi connectivity index (χ1v) is 6.52. The molecule has 0 N–H and O–H groups in total. The average Bonchev–Trinajstić information content (AvgIpc) is 2.97. The van der Waals surface area contributed by atoms with Crippen LogP contribution in [-0.2, 0) is 0 Å². The molecule has 94 valence electrons. The number of likely N-dealkylation sites (N-methyl/N-ethyl adjacent to an activating group) is 3. The smallest absolute Gasteiger partial charge is 0.0934 e. The molecule has 0 atom stereocenters. The highest BCUT2D eigenvalue weighted by atomic mass is 15.3. The molecule has 1 aliphatic carbocycles. The van der Waals surface area contributed by atoms with E-state index in [4.69, 9.17) is 0 Å². The molecule has 1 rings (SSSR count). The van der Waals surface area contributed by atoms with Crippen molar-refractivity contribution < 1.29 is 0 Å². The Morgan fingerprint density at radius 3 is 1.25 bits per heavy atom. The van der Waals surface area contributed by atoms with Crippen LogP contribution in [0.15, 0.2) is 11.4 Å². The first-order chi connectivity index (χ1) is 7.62. The second-order valence-corrected chi connectivity index (χ2v) is 4.48. The van der Waals surface area contributed by atoms with Crippen molar-refractivity contribution in [3.63, 3.8) is 0 Å². The summed E-state index contributed by atoms with van der Waals surface area (Å²) in [5, 5.41) is 0. The molecule has 3 heteroatoms. The van der Waals surface area contributed by atoms with Gasteiger partial charge in [-0.2, -0.15) is 0 Å². The quantitative estimate of drug-likeness (QED) is 0.654. The van der Waals surface area contributed by atoms with Gasteiger partial charge in [0.15, 0.2) is 0 Å². The molecule has 0 spiro atoms. The SMILES string of the molecule is CCN(CC)C1=C(N(CC)CC)C1N(C)C. The van der Waals surface area contributed by atoms with Gasteiger partial charge in [-0.3, -0.25) is 4.90 Å². The van der Waals surface area contributed by atoms with E-state index in [-0.39, 0.29) is 0 Å². The largest absolute Gasteiger partial charge is 0.372 e.